The lowest BCUT2D eigenvalue weighted by Crippen LogP contribution is -2.42. The third-order valence-electron chi connectivity index (χ3n) is 4.34. The molecule has 0 saturated heterocycles. The number of ketones is 2. The van der Waals surface area contributed by atoms with E-state index < -0.39 is 29.9 Å². The topological polar surface area (TPSA) is 67.6 Å². The van der Waals surface area contributed by atoms with Crippen molar-refractivity contribution in [2.24, 2.45) is 5.10 Å². The lowest BCUT2D eigenvalue weighted by Gasteiger charge is -2.24. The van der Waals surface area contributed by atoms with Crippen molar-refractivity contribution in [2.45, 2.75) is 6.18 Å². The molecule has 0 atom stereocenters. The molecule has 146 valence electrons. The third-order valence-corrected chi connectivity index (χ3v) is 4.34. The number of benzene rings is 2. The molecular formula is C20H13F3N4O2. The van der Waals surface area contributed by atoms with Crippen LogP contribution in [0.2, 0.25) is 0 Å². The monoisotopic (exact) mass is 398 g/mol. The van der Waals surface area contributed by atoms with E-state index in [1.807, 2.05) is 6.07 Å². The van der Waals surface area contributed by atoms with Gasteiger partial charge in [0.2, 0.25) is 5.78 Å². The summed E-state index contributed by atoms with van der Waals surface area (Å²) in [5.41, 5.74) is -0.0766. The molecule has 9 heteroatoms. The van der Waals surface area contributed by atoms with Gasteiger partial charge in [0, 0.05) is 0 Å². The molecule has 0 aliphatic carbocycles. The Hall–Kier alpha value is -3.75. The first-order chi connectivity index (χ1) is 13.8. The Labute approximate surface area is 162 Å². The van der Waals surface area contributed by atoms with E-state index in [1.165, 1.54) is 29.1 Å². The fourth-order valence-corrected chi connectivity index (χ4v) is 2.96. The lowest BCUT2D eigenvalue weighted by atomic mass is 10.1. The molecule has 0 radical (unpaired) electrons. The SMILES string of the molecule is O=C1CN(c2cccc(C(F)(F)F)c2)N=C(c2ccnn2-c2ccccc2)C1=O. The fraction of sp³-hybridized carbons (Fsp3) is 0.100. The molecule has 29 heavy (non-hydrogen) atoms. The van der Waals surface area contributed by atoms with Gasteiger partial charge in [0.1, 0.15) is 6.54 Å². The fourth-order valence-electron chi connectivity index (χ4n) is 2.96. The van der Waals surface area contributed by atoms with Gasteiger partial charge in [0.25, 0.3) is 5.78 Å². The molecule has 1 aliphatic heterocycles. The van der Waals surface area contributed by atoms with Crippen LogP contribution in [0.1, 0.15) is 11.3 Å². The molecule has 0 saturated carbocycles. The summed E-state index contributed by atoms with van der Waals surface area (Å²) >= 11 is 0. The van der Waals surface area contributed by atoms with Crippen molar-refractivity contribution in [1.82, 2.24) is 9.78 Å². The Morgan fingerprint density at radius 1 is 0.897 bits per heavy atom. The predicted octanol–water partition coefficient (Wildman–Crippen LogP) is 3.25. The molecule has 0 bridgehead atoms. The first-order valence-electron chi connectivity index (χ1n) is 8.55. The summed E-state index contributed by atoms with van der Waals surface area (Å²) in [4.78, 5) is 24.8. The van der Waals surface area contributed by atoms with Crippen LogP contribution in [-0.4, -0.2) is 33.6 Å². The molecule has 3 aromatic rings. The van der Waals surface area contributed by atoms with Crippen molar-refractivity contribution >= 4 is 23.0 Å². The van der Waals surface area contributed by atoms with Gasteiger partial charge in [-0.2, -0.15) is 23.4 Å². The number of halogens is 3. The van der Waals surface area contributed by atoms with Gasteiger partial charge in [-0.15, -0.1) is 0 Å². The number of carbonyl (C=O) groups excluding carboxylic acids is 2. The van der Waals surface area contributed by atoms with E-state index in [0.29, 0.717) is 5.69 Å². The van der Waals surface area contributed by atoms with E-state index in [9.17, 15) is 22.8 Å². The van der Waals surface area contributed by atoms with Gasteiger partial charge in [-0.05, 0) is 36.4 Å². The normalized spacial score (nSPS) is 14.9. The molecule has 2 aromatic carbocycles. The zero-order valence-electron chi connectivity index (χ0n) is 14.8. The maximum Gasteiger partial charge on any atom is 0.416 e. The third kappa shape index (κ3) is 3.54. The van der Waals surface area contributed by atoms with E-state index in [0.717, 1.165) is 17.1 Å². The summed E-state index contributed by atoms with van der Waals surface area (Å²) in [7, 11) is 0. The van der Waals surface area contributed by atoms with Crippen molar-refractivity contribution in [1.29, 1.82) is 0 Å². The quantitative estimate of drug-likeness (QED) is 0.636. The molecule has 1 aromatic heterocycles. The lowest BCUT2D eigenvalue weighted by molar-refractivity contribution is -0.137. The Morgan fingerprint density at radius 2 is 1.62 bits per heavy atom. The molecule has 0 N–H and O–H groups in total. The van der Waals surface area contributed by atoms with Crippen molar-refractivity contribution < 1.29 is 22.8 Å². The predicted molar refractivity (Wildman–Crippen MR) is 98.9 cm³/mol. The molecule has 6 nitrogen and oxygen atoms in total. The second-order valence-electron chi connectivity index (χ2n) is 6.27. The number of nitrogens with zero attached hydrogens (tertiary/aromatic N) is 4. The minimum atomic E-state index is -4.54. The molecule has 2 heterocycles. The number of hydrogen-bond donors (Lipinski definition) is 0. The molecule has 0 fully saturated rings. The average molecular weight is 398 g/mol. The van der Waals surface area contributed by atoms with Crippen molar-refractivity contribution in [3.63, 3.8) is 0 Å². The Balaban J connectivity index is 1.79. The van der Waals surface area contributed by atoms with Gasteiger partial charge in [-0.1, -0.05) is 24.3 Å². The minimum Gasteiger partial charge on any atom is -0.288 e. The summed E-state index contributed by atoms with van der Waals surface area (Å²) in [6.07, 6.45) is -3.09. The number of rotatable bonds is 3. The zero-order valence-corrected chi connectivity index (χ0v) is 14.8. The first-order valence-corrected chi connectivity index (χ1v) is 8.55. The highest BCUT2D eigenvalue weighted by Crippen LogP contribution is 2.32. The Kier molecular flexibility index (Phi) is 4.50. The average Bonchev–Trinajstić information content (AvgIpc) is 3.20. The Bertz CT molecular complexity index is 1120. The number of carbonyl (C=O) groups is 2. The number of anilines is 1. The number of hydrogen-bond acceptors (Lipinski definition) is 5. The van der Waals surface area contributed by atoms with Crippen molar-refractivity contribution in [3.05, 3.63) is 78.1 Å². The largest absolute Gasteiger partial charge is 0.416 e. The van der Waals surface area contributed by atoms with Gasteiger partial charge in [-0.3, -0.25) is 14.6 Å². The number of alkyl halides is 3. The number of aromatic nitrogens is 2. The van der Waals surface area contributed by atoms with Crippen molar-refractivity contribution in [3.8, 4) is 5.69 Å². The molecule has 0 unspecified atom stereocenters. The smallest absolute Gasteiger partial charge is 0.288 e. The first kappa shape index (κ1) is 18.6. The van der Waals surface area contributed by atoms with Gasteiger partial charge in [0.05, 0.1) is 28.8 Å². The van der Waals surface area contributed by atoms with E-state index in [2.05, 4.69) is 10.2 Å². The highest BCUT2D eigenvalue weighted by molar-refractivity contribution is 6.69. The van der Waals surface area contributed by atoms with E-state index in [-0.39, 0.29) is 17.1 Å². The summed E-state index contributed by atoms with van der Waals surface area (Å²) in [5, 5.41) is 9.45. The van der Waals surface area contributed by atoms with Crippen LogP contribution in [-0.2, 0) is 15.8 Å². The minimum absolute atomic E-state index is 0.0592. The van der Waals surface area contributed by atoms with Crippen molar-refractivity contribution in [2.75, 3.05) is 11.6 Å². The number of hydrazone groups is 1. The van der Waals surface area contributed by atoms with Crippen LogP contribution in [0, 0.1) is 0 Å². The molecule has 1 aliphatic rings. The maximum atomic E-state index is 13.0. The van der Waals surface area contributed by atoms with E-state index >= 15 is 0 Å². The van der Waals surface area contributed by atoms with Gasteiger partial charge < -0.3 is 0 Å². The van der Waals surface area contributed by atoms with Crippen LogP contribution >= 0.6 is 0 Å². The second-order valence-corrected chi connectivity index (χ2v) is 6.27. The van der Waals surface area contributed by atoms with Gasteiger partial charge >= 0.3 is 6.18 Å². The standard InChI is InChI=1S/C20H13F3N4O2/c21-20(22,23)13-5-4-8-15(11-13)26-12-17(28)19(29)18(25-26)16-9-10-24-27(16)14-6-2-1-3-7-14/h1-11H,12H2. The van der Waals surface area contributed by atoms with Crippen LogP contribution in [0.15, 0.2) is 72.0 Å². The summed E-state index contributed by atoms with van der Waals surface area (Å²) in [6.45, 7) is -0.441. The van der Waals surface area contributed by atoms with E-state index in [1.54, 1.807) is 24.3 Å². The van der Waals surface area contributed by atoms with Gasteiger partial charge in [0.15, 0.2) is 5.71 Å². The number of Topliss-reactive ketones (excluding diaryl/α,β-unsaturated/α-hetero) is 2. The highest BCUT2D eigenvalue weighted by atomic mass is 19.4. The molecule has 0 spiro atoms. The summed E-state index contributed by atoms with van der Waals surface area (Å²) in [6, 6.07) is 14.9. The Morgan fingerprint density at radius 3 is 2.34 bits per heavy atom. The van der Waals surface area contributed by atoms with Crippen LogP contribution in [0.25, 0.3) is 5.69 Å². The van der Waals surface area contributed by atoms with Crippen LogP contribution in [0.5, 0.6) is 0 Å². The highest BCUT2D eigenvalue weighted by Gasteiger charge is 2.34. The molecule has 0 amide bonds. The molecule has 4 rings (SSSR count). The van der Waals surface area contributed by atoms with Crippen LogP contribution < -0.4 is 5.01 Å². The van der Waals surface area contributed by atoms with Crippen LogP contribution in [0.4, 0.5) is 18.9 Å². The second kappa shape index (κ2) is 7.01. The zero-order chi connectivity index (χ0) is 20.6. The van der Waals surface area contributed by atoms with Gasteiger partial charge in [-0.25, -0.2) is 4.68 Å². The van der Waals surface area contributed by atoms with Crippen LogP contribution in [0.3, 0.4) is 0 Å². The summed E-state index contributed by atoms with van der Waals surface area (Å²) < 4.78 is 40.5. The van der Waals surface area contributed by atoms with E-state index in [4.69, 9.17) is 0 Å². The summed E-state index contributed by atoms with van der Waals surface area (Å²) in [5.74, 6) is -1.58. The number of para-hydroxylation sites is 1. The maximum absolute atomic E-state index is 13.0. The molecular weight excluding hydrogens is 385 g/mol.